The van der Waals surface area contributed by atoms with Crippen LogP contribution in [0.15, 0.2) is 249 Å². The van der Waals surface area contributed by atoms with Gasteiger partial charge in [0.25, 0.3) is 6.71 Å². The van der Waals surface area contributed by atoms with Crippen molar-refractivity contribution in [2.45, 2.75) is 367 Å². The van der Waals surface area contributed by atoms with Crippen LogP contribution in [-0.2, 0) is 75.8 Å². The van der Waals surface area contributed by atoms with Crippen LogP contribution in [0.5, 0.6) is 0 Å². The van der Waals surface area contributed by atoms with Crippen molar-refractivity contribution >= 4 is 101 Å². The average molecular weight is 1930 g/mol. The number of hydrogen-bond acceptors (Lipinski definition) is 2. The lowest BCUT2D eigenvalue weighted by atomic mass is 9.33. The predicted octanol–water partition coefficient (Wildman–Crippen LogP) is 38.5. The van der Waals surface area contributed by atoms with Crippen molar-refractivity contribution in [2.24, 2.45) is 0 Å². The fourth-order valence-corrected chi connectivity index (χ4v) is 21.8. The Bertz CT molecular complexity index is 8290. The average Bonchev–Trinajstić information content (AvgIpc) is 0.797. The van der Waals surface area contributed by atoms with Crippen molar-refractivity contribution in [1.29, 1.82) is 0 Å². The highest BCUT2D eigenvalue weighted by atomic mass is 15.2. The van der Waals surface area contributed by atoms with Crippen LogP contribution < -0.4 is 26.2 Å². The van der Waals surface area contributed by atoms with E-state index in [1.807, 2.05) is 83.1 Å². The number of nitrogens with zero attached hydrogens (tertiary/aromatic N) is 4. The lowest BCUT2D eigenvalue weighted by molar-refractivity contribution is 0.568. The van der Waals surface area contributed by atoms with E-state index < -0.39 is 55.4 Å². The van der Waals surface area contributed by atoms with Crippen LogP contribution in [0.3, 0.4) is 0 Å². The van der Waals surface area contributed by atoms with Crippen LogP contribution in [0.2, 0.25) is 0 Å². The molecule has 2 aliphatic heterocycles. The smallest absolute Gasteiger partial charge is 0.252 e. The zero-order valence-electron chi connectivity index (χ0n) is 105. The fourth-order valence-electron chi connectivity index (χ4n) is 21.8. The van der Waals surface area contributed by atoms with Crippen LogP contribution in [0.4, 0.5) is 34.1 Å². The summed E-state index contributed by atoms with van der Waals surface area (Å²) in [5.41, 5.74) is 24.2. The first-order chi connectivity index (χ1) is 70.5. The molecule has 4 nitrogen and oxygen atoms in total. The summed E-state index contributed by atoms with van der Waals surface area (Å²) in [5, 5.41) is 4.48. The Hall–Kier alpha value is -11.7. The molecule has 0 fully saturated rings. The normalized spacial score (nSPS) is 15.0. The maximum Gasteiger partial charge on any atom is 0.252 e. The summed E-state index contributed by atoms with van der Waals surface area (Å²) in [6.07, 6.45) is 0. The lowest BCUT2D eigenvalue weighted by Crippen LogP contribution is -2.61. The number of aromatic nitrogens is 2. The van der Waals surface area contributed by atoms with E-state index in [9.17, 15) is 12.3 Å². The second kappa shape index (κ2) is 34.5. The van der Waals surface area contributed by atoms with Crippen molar-refractivity contribution in [3.8, 4) is 67.0 Å². The van der Waals surface area contributed by atoms with E-state index in [4.69, 9.17) is 0 Å². The van der Waals surface area contributed by atoms with Crippen LogP contribution >= 0.6 is 0 Å². The van der Waals surface area contributed by atoms with E-state index in [0.29, 0.717) is 22.5 Å². The molecule has 16 aromatic rings. The van der Waals surface area contributed by atoms with Gasteiger partial charge < -0.3 is 18.9 Å². The first-order valence-corrected chi connectivity index (χ1v) is 53.3. The Balaban J connectivity index is 1.19. The second-order valence-electron chi connectivity index (χ2n) is 57.1. The third-order valence-corrected chi connectivity index (χ3v) is 30.9. The SMILES string of the molecule is [2H]c1c([2H])c(C(C)(C)C)c([2H])c([2H])c1-c1c([2H])c(C(C)(C)C)c([2H])c(-c2c([2H])c(C(C)(C)C)c([2H])c([2H])c2C(C)(C)C)c1N1c2cc(-n3c4ccc(C(C)(C)C)cc4c4cc(C(C)(C)C)ccc43)ccc2B2c3ccc(-n4c5ccc(C(C)(C)C)cc5c5cc(C(C)(C)C)ccc54)cc3N(c3c(-c4ccccc4C(C)(C)C)cc(C(C)(C)C)cc3-c3ccc(C(C)(C)C)cc3C(C)(C)C)c3cc(-c4cc(C(C)(C)C)cc(C(C)(C)C)c4)cc1c32. The molecule has 14 aromatic carbocycles. The van der Waals surface area contributed by atoms with Gasteiger partial charge in [-0.05, 0) is 313 Å². The maximum absolute atomic E-state index is 12.2. The van der Waals surface area contributed by atoms with Gasteiger partial charge in [-0.1, -0.05) is 430 Å². The predicted molar refractivity (Wildman–Crippen MR) is 638 cm³/mol. The van der Waals surface area contributed by atoms with E-state index in [2.05, 4.69) is 421 Å². The summed E-state index contributed by atoms with van der Waals surface area (Å²) in [7, 11) is 0. The van der Waals surface area contributed by atoms with Crippen molar-refractivity contribution < 1.29 is 12.3 Å². The topological polar surface area (TPSA) is 16.3 Å². The van der Waals surface area contributed by atoms with Gasteiger partial charge in [0.15, 0.2) is 0 Å². The summed E-state index contributed by atoms with van der Waals surface area (Å²) in [6.45, 7) is 92.5. The van der Waals surface area contributed by atoms with Gasteiger partial charge in [0, 0.05) is 77.9 Å². The Morgan fingerprint density at radius 1 is 0.200 bits per heavy atom. The van der Waals surface area contributed by atoms with Crippen molar-refractivity contribution in [3.63, 3.8) is 0 Å². The maximum atomic E-state index is 12.2. The first-order valence-electron chi connectivity index (χ1n) is 57.8. The molecule has 145 heavy (non-hydrogen) atoms. The van der Waals surface area contributed by atoms with Gasteiger partial charge in [0.05, 0.1) is 45.8 Å². The Morgan fingerprint density at radius 3 is 0.903 bits per heavy atom. The largest absolute Gasteiger partial charge is 0.310 e. The van der Waals surface area contributed by atoms with E-state index >= 15 is 0 Å². The molecule has 0 spiro atoms. The third kappa shape index (κ3) is 18.9. The molecule has 0 atom stereocenters. The van der Waals surface area contributed by atoms with Crippen LogP contribution in [-0.4, -0.2) is 15.8 Å². The van der Waals surface area contributed by atoms with Gasteiger partial charge in [-0.25, -0.2) is 0 Å². The number of benzene rings is 14. The minimum atomic E-state index is -1.11. The molecule has 18 rings (SSSR count). The molecule has 0 saturated carbocycles. The van der Waals surface area contributed by atoms with Gasteiger partial charge in [0.2, 0.25) is 0 Å². The molecule has 0 amide bonds. The molecule has 0 N–H and O–H groups in total. The summed E-state index contributed by atoms with van der Waals surface area (Å²) in [4.78, 5) is 4.96. The van der Waals surface area contributed by atoms with Crippen molar-refractivity contribution in [1.82, 2.24) is 9.13 Å². The molecule has 4 heterocycles. The van der Waals surface area contributed by atoms with Crippen molar-refractivity contribution in [2.75, 3.05) is 9.80 Å². The molecule has 2 aromatic heterocycles. The molecule has 2 aliphatic rings. The monoisotopic (exact) mass is 1920 g/mol. The van der Waals surface area contributed by atoms with E-state index in [1.165, 1.54) is 33.4 Å². The highest BCUT2D eigenvalue weighted by Crippen LogP contribution is 2.60. The Morgan fingerprint density at radius 2 is 0.524 bits per heavy atom. The minimum Gasteiger partial charge on any atom is -0.310 e. The highest BCUT2D eigenvalue weighted by Gasteiger charge is 2.48. The zero-order chi connectivity index (χ0) is 114. The summed E-state index contributed by atoms with van der Waals surface area (Å²) in [6, 6.07) is 74.1. The van der Waals surface area contributed by atoms with Crippen LogP contribution in [0, 0.1) is 0 Å². The number of rotatable bonds is 9. The zero-order valence-corrected chi connectivity index (χ0v) is 95.8. The van der Waals surface area contributed by atoms with Gasteiger partial charge in [-0.15, -0.1) is 0 Å². The molecule has 0 bridgehead atoms. The summed E-state index contributed by atoms with van der Waals surface area (Å²) in [5.74, 6) is 0. The quantitative estimate of drug-likeness (QED) is 0.134. The fraction of sp³-hybridized carbons (Fsp3) is 0.400. The summed E-state index contributed by atoms with van der Waals surface area (Å²) >= 11 is 0. The first kappa shape index (κ1) is 92.0. The molecule has 0 saturated heterocycles. The van der Waals surface area contributed by atoms with Crippen molar-refractivity contribution in [3.05, 3.63) is 326 Å². The van der Waals surface area contributed by atoms with Gasteiger partial charge in [-0.3, -0.25) is 0 Å². The standard InChI is InChI=1S/C140H167BN4/c1-127(2,3)87-49-47-84(48-50-87)102-77-96(136(28,29)30)80-110(103-72-88(128(4,5)6)52-60-112(103)139(37,38)39)125(102)144-120-82-98(142-116-63-53-89(129(7,8)9)73-104(116)105-74-90(130(10,11)12)54-64-117(105)142)57-61-114(120)141-115-62-58-99(143-118-65-55-91(131(13,14)15)75-106(118)107-76-92(132(16,17)18)56-66-119(107)143)83-121(115)145(123-70-86(69-122(144)124(123)141)85-67-94(134(22,23)24)71-95(68-85)135(25,26)27)126-108(100-45-43-44-46-111(100)138(34,35)36)78-97(137(31,32)33)79-109(126)101-59-51-93(133(19,20)21)81-113(101)140(40,41)42/h43-83H,1-42H3/i47D,48D,49D,50D,52D,60D,72D,77D,80D. The van der Waals surface area contributed by atoms with Crippen LogP contribution in [0.1, 0.15) is 381 Å². The van der Waals surface area contributed by atoms with Gasteiger partial charge >= 0.3 is 0 Å². The summed E-state index contributed by atoms with van der Waals surface area (Å²) < 4.78 is 106. The molecular weight excluding hydrogens is 1750 g/mol. The number of anilines is 6. The third-order valence-electron chi connectivity index (χ3n) is 30.9. The molecule has 0 unspecified atom stereocenters. The lowest BCUT2D eigenvalue weighted by Gasteiger charge is -2.46. The molecule has 5 heteroatoms. The van der Waals surface area contributed by atoms with E-state index in [1.54, 1.807) is 0 Å². The molecular formula is C140H167BN4. The van der Waals surface area contributed by atoms with E-state index in [0.717, 1.165) is 144 Å². The molecule has 0 radical (unpaired) electrons. The Kier molecular flexibility index (Phi) is 21.9. The van der Waals surface area contributed by atoms with Gasteiger partial charge in [0.1, 0.15) is 0 Å². The second-order valence-corrected chi connectivity index (χ2v) is 57.1. The van der Waals surface area contributed by atoms with Gasteiger partial charge in [-0.2, -0.15) is 0 Å². The number of fused-ring (bicyclic) bond motifs is 10. The van der Waals surface area contributed by atoms with E-state index in [-0.39, 0.29) is 121 Å². The highest BCUT2D eigenvalue weighted by molar-refractivity contribution is 7.00. The molecule has 0 aliphatic carbocycles. The Labute approximate surface area is 886 Å². The van der Waals surface area contributed by atoms with Crippen LogP contribution in [0.25, 0.3) is 111 Å². The number of hydrogen-bond donors (Lipinski definition) is 0. The molecule has 750 valence electrons. The minimum absolute atomic E-state index is 0.0223.